The molecule has 0 saturated carbocycles. The highest BCUT2D eigenvalue weighted by Gasteiger charge is 2.07. The Morgan fingerprint density at radius 3 is 2.90 bits per heavy atom. The first-order valence-corrected chi connectivity index (χ1v) is 6.79. The number of hydrogen-bond acceptors (Lipinski definition) is 5. The van der Waals surface area contributed by atoms with Gasteiger partial charge in [0.2, 0.25) is 0 Å². The van der Waals surface area contributed by atoms with E-state index in [4.69, 9.17) is 16.3 Å². The van der Waals surface area contributed by atoms with Gasteiger partial charge in [-0.25, -0.2) is 4.98 Å². The van der Waals surface area contributed by atoms with Crippen LogP contribution in [-0.2, 0) is 6.54 Å². The van der Waals surface area contributed by atoms with Gasteiger partial charge in [-0.15, -0.1) is 0 Å². The molecule has 2 aromatic heterocycles. The van der Waals surface area contributed by atoms with Gasteiger partial charge in [-0.1, -0.05) is 35.9 Å². The van der Waals surface area contributed by atoms with Gasteiger partial charge >= 0.3 is 6.01 Å². The van der Waals surface area contributed by atoms with E-state index in [1.54, 1.807) is 6.20 Å². The summed E-state index contributed by atoms with van der Waals surface area (Å²) in [6.07, 6.45) is 3.30. The summed E-state index contributed by atoms with van der Waals surface area (Å²) in [5.41, 5.74) is 2.03. The fourth-order valence-electron chi connectivity index (χ4n) is 2.06. The van der Waals surface area contributed by atoms with Gasteiger partial charge in [0, 0.05) is 18.1 Å². The number of nitrogens with zero attached hydrogens (tertiary/aromatic N) is 3. The molecule has 0 fully saturated rings. The number of benzene rings is 1. The Morgan fingerprint density at radius 2 is 2.05 bits per heavy atom. The fraction of sp³-hybridized carbons (Fsp3) is 0.133. The van der Waals surface area contributed by atoms with E-state index in [0.29, 0.717) is 17.4 Å². The largest absolute Gasteiger partial charge is 0.467 e. The molecule has 21 heavy (non-hydrogen) atoms. The van der Waals surface area contributed by atoms with Gasteiger partial charge in [-0.2, -0.15) is 4.98 Å². The molecule has 5 nitrogen and oxygen atoms in total. The highest BCUT2D eigenvalue weighted by molar-refractivity contribution is 6.32. The van der Waals surface area contributed by atoms with Crippen molar-refractivity contribution in [1.29, 1.82) is 0 Å². The van der Waals surface area contributed by atoms with Crippen LogP contribution in [0.2, 0.25) is 5.02 Å². The predicted octanol–water partition coefficient (Wildman–Crippen LogP) is 3.30. The molecule has 0 radical (unpaired) electrons. The van der Waals surface area contributed by atoms with Gasteiger partial charge in [0.25, 0.3) is 0 Å². The van der Waals surface area contributed by atoms with E-state index in [9.17, 15) is 0 Å². The number of rotatable bonds is 4. The van der Waals surface area contributed by atoms with Gasteiger partial charge in [0.1, 0.15) is 5.02 Å². The summed E-state index contributed by atoms with van der Waals surface area (Å²) in [6, 6.07) is 10.3. The van der Waals surface area contributed by atoms with E-state index in [1.807, 2.05) is 30.3 Å². The number of halogens is 1. The molecule has 6 heteroatoms. The second-order valence-corrected chi connectivity index (χ2v) is 4.81. The summed E-state index contributed by atoms with van der Waals surface area (Å²) in [5, 5.41) is 4.74. The number of hydrogen-bond donors (Lipinski definition) is 1. The summed E-state index contributed by atoms with van der Waals surface area (Å²) in [7, 11) is 1.52. The zero-order chi connectivity index (χ0) is 14.7. The first kappa shape index (κ1) is 13.6. The van der Waals surface area contributed by atoms with Gasteiger partial charge in [-0.05, 0) is 11.6 Å². The van der Waals surface area contributed by atoms with Crippen LogP contribution in [0, 0.1) is 0 Å². The van der Waals surface area contributed by atoms with Gasteiger partial charge in [0.05, 0.1) is 18.8 Å². The van der Waals surface area contributed by atoms with Gasteiger partial charge in [0.15, 0.2) is 5.82 Å². The van der Waals surface area contributed by atoms with Crippen LogP contribution in [0.5, 0.6) is 6.01 Å². The van der Waals surface area contributed by atoms with E-state index >= 15 is 0 Å². The van der Waals surface area contributed by atoms with Crippen LogP contribution in [-0.4, -0.2) is 22.1 Å². The second-order valence-electron chi connectivity index (χ2n) is 4.40. The third kappa shape index (κ3) is 2.87. The first-order valence-electron chi connectivity index (χ1n) is 6.41. The van der Waals surface area contributed by atoms with Gasteiger partial charge in [-0.3, -0.25) is 4.98 Å². The molecule has 0 unspecified atom stereocenters. The van der Waals surface area contributed by atoms with Crippen molar-refractivity contribution in [2.24, 2.45) is 0 Å². The average Bonchev–Trinajstić information content (AvgIpc) is 2.54. The third-order valence-corrected chi connectivity index (χ3v) is 3.34. The molecular weight excluding hydrogens is 288 g/mol. The van der Waals surface area contributed by atoms with Crippen molar-refractivity contribution in [2.45, 2.75) is 6.54 Å². The van der Waals surface area contributed by atoms with E-state index in [-0.39, 0.29) is 6.01 Å². The molecule has 0 atom stereocenters. The Hall–Kier alpha value is -2.40. The monoisotopic (exact) mass is 300 g/mol. The molecular formula is C15H13ClN4O. The Morgan fingerprint density at radius 1 is 1.19 bits per heavy atom. The standard InChI is InChI=1S/C15H13ClN4O/c1-21-15-19-9-12(16)14(20-15)18-8-11-5-2-4-10-6-3-7-17-13(10)11/h2-7,9H,8H2,1H3,(H,18,19,20). The first-order chi connectivity index (χ1) is 10.3. The van der Waals surface area contributed by atoms with E-state index in [1.165, 1.54) is 13.3 Å². The number of para-hydroxylation sites is 1. The van der Waals surface area contributed by atoms with Crippen molar-refractivity contribution in [3.63, 3.8) is 0 Å². The number of anilines is 1. The van der Waals surface area contributed by atoms with Crippen molar-refractivity contribution < 1.29 is 4.74 Å². The quantitative estimate of drug-likeness (QED) is 0.801. The summed E-state index contributed by atoms with van der Waals surface area (Å²) >= 11 is 6.08. The summed E-state index contributed by atoms with van der Waals surface area (Å²) in [4.78, 5) is 12.6. The van der Waals surface area contributed by atoms with Crippen LogP contribution in [0.4, 0.5) is 5.82 Å². The topological polar surface area (TPSA) is 59.9 Å². The van der Waals surface area contributed by atoms with Crippen LogP contribution in [0.3, 0.4) is 0 Å². The number of aromatic nitrogens is 3. The highest BCUT2D eigenvalue weighted by atomic mass is 35.5. The molecule has 2 heterocycles. The predicted molar refractivity (Wildman–Crippen MR) is 82.7 cm³/mol. The smallest absolute Gasteiger partial charge is 0.318 e. The minimum absolute atomic E-state index is 0.276. The lowest BCUT2D eigenvalue weighted by Crippen LogP contribution is -2.04. The van der Waals surface area contributed by atoms with Crippen molar-refractivity contribution in [1.82, 2.24) is 15.0 Å². The number of fused-ring (bicyclic) bond motifs is 1. The number of methoxy groups -OCH3 is 1. The Bertz CT molecular complexity index is 773. The minimum Gasteiger partial charge on any atom is -0.467 e. The summed E-state index contributed by atoms with van der Waals surface area (Å²) in [5.74, 6) is 0.538. The SMILES string of the molecule is COc1ncc(Cl)c(NCc2cccc3cccnc23)n1. The second kappa shape index (κ2) is 5.93. The molecule has 0 aliphatic rings. The summed E-state index contributed by atoms with van der Waals surface area (Å²) < 4.78 is 5.00. The molecule has 0 aliphatic carbocycles. The zero-order valence-corrected chi connectivity index (χ0v) is 12.1. The molecule has 106 valence electrons. The van der Waals surface area contributed by atoms with E-state index in [0.717, 1.165) is 16.5 Å². The number of ether oxygens (including phenoxy) is 1. The maximum atomic E-state index is 6.08. The van der Waals surface area contributed by atoms with E-state index in [2.05, 4.69) is 20.3 Å². The number of pyridine rings is 1. The van der Waals surface area contributed by atoms with Crippen LogP contribution in [0.25, 0.3) is 10.9 Å². The molecule has 0 saturated heterocycles. The van der Waals surface area contributed by atoms with Crippen molar-refractivity contribution >= 4 is 28.3 Å². The highest BCUT2D eigenvalue weighted by Crippen LogP contribution is 2.22. The maximum absolute atomic E-state index is 6.08. The Kier molecular flexibility index (Phi) is 3.83. The third-order valence-electron chi connectivity index (χ3n) is 3.07. The van der Waals surface area contributed by atoms with Crippen LogP contribution in [0.15, 0.2) is 42.7 Å². The van der Waals surface area contributed by atoms with Crippen molar-refractivity contribution in [2.75, 3.05) is 12.4 Å². The maximum Gasteiger partial charge on any atom is 0.318 e. The lowest BCUT2D eigenvalue weighted by atomic mass is 10.1. The van der Waals surface area contributed by atoms with Crippen molar-refractivity contribution in [3.05, 3.63) is 53.3 Å². The van der Waals surface area contributed by atoms with Crippen LogP contribution in [0.1, 0.15) is 5.56 Å². The molecule has 0 amide bonds. The van der Waals surface area contributed by atoms with Gasteiger partial charge < -0.3 is 10.1 Å². The molecule has 0 aliphatic heterocycles. The Balaban J connectivity index is 1.87. The molecule has 0 bridgehead atoms. The van der Waals surface area contributed by atoms with Crippen LogP contribution >= 0.6 is 11.6 Å². The lowest BCUT2D eigenvalue weighted by Gasteiger charge is -2.09. The lowest BCUT2D eigenvalue weighted by molar-refractivity contribution is 0.380. The average molecular weight is 301 g/mol. The van der Waals surface area contributed by atoms with E-state index < -0.39 is 0 Å². The zero-order valence-electron chi connectivity index (χ0n) is 11.4. The van der Waals surface area contributed by atoms with Crippen molar-refractivity contribution in [3.8, 4) is 6.01 Å². The number of nitrogens with one attached hydrogen (secondary N) is 1. The molecule has 3 rings (SSSR count). The summed E-state index contributed by atoms with van der Waals surface area (Å²) in [6.45, 7) is 0.564. The minimum atomic E-state index is 0.276. The fourth-order valence-corrected chi connectivity index (χ4v) is 2.22. The molecule has 3 aromatic rings. The molecule has 1 aromatic carbocycles. The Labute approximate surface area is 127 Å². The molecule has 1 N–H and O–H groups in total. The molecule has 0 spiro atoms. The normalized spacial score (nSPS) is 10.6. The van der Waals surface area contributed by atoms with Crippen LogP contribution < -0.4 is 10.1 Å².